The second-order valence-electron chi connectivity index (χ2n) is 2.30. The summed E-state index contributed by atoms with van der Waals surface area (Å²) in [4.78, 5) is 0. The number of allylic oxidation sites excluding steroid dienone is 4. The molecule has 0 N–H and O–H groups in total. The maximum atomic E-state index is 12.2. The van der Waals surface area contributed by atoms with E-state index in [0.717, 1.165) is 6.08 Å². The monoisotopic (exact) mass is 166 g/mol. The largest absolute Gasteiger partial charge is 0.412 e. The first kappa shape index (κ1) is 8.30. The van der Waals surface area contributed by atoms with Crippen LogP contribution >= 0.6 is 0 Å². The van der Waals surface area contributed by atoms with Gasteiger partial charge in [-0.05, 0) is 25.0 Å². The molecule has 1 rings (SSSR count). The molecule has 0 aromatic rings. The van der Waals surface area contributed by atoms with Gasteiger partial charge in [-0.1, -0.05) is 0 Å². The highest BCUT2D eigenvalue weighted by Crippen LogP contribution is 2.32. The maximum absolute atomic E-state index is 12.2. The van der Waals surface area contributed by atoms with Gasteiger partial charge in [0.2, 0.25) is 0 Å². The van der Waals surface area contributed by atoms with Crippen LogP contribution in [0.25, 0.3) is 0 Å². The van der Waals surface area contributed by atoms with Gasteiger partial charge in [-0.15, -0.1) is 0 Å². The lowest BCUT2D eigenvalue weighted by atomic mass is 10.0. The van der Waals surface area contributed by atoms with Crippen molar-refractivity contribution in [3.63, 3.8) is 0 Å². The first-order valence-corrected chi connectivity index (χ1v) is 3.13. The molecule has 0 saturated heterocycles. The zero-order chi connectivity index (χ0) is 8.48. The summed E-state index contributed by atoms with van der Waals surface area (Å²) in [5.41, 5.74) is -0.780. The minimum absolute atomic E-state index is 0.114. The minimum Gasteiger partial charge on any atom is -0.207 e. The molecule has 0 aromatic heterocycles. The van der Waals surface area contributed by atoms with E-state index in [-0.39, 0.29) is 12.8 Å². The number of hydrogen-bond donors (Lipinski definition) is 0. The smallest absolute Gasteiger partial charge is 0.207 e. The predicted octanol–water partition coefficient (Wildman–Crippen LogP) is 3.12. The molecule has 0 fully saturated rings. The van der Waals surface area contributed by atoms with E-state index in [1.165, 1.54) is 0 Å². The van der Waals surface area contributed by atoms with E-state index in [1.807, 2.05) is 0 Å². The van der Waals surface area contributed by atoms with E-state index in [9.17, 15) is 17.6 Å². The van der Waals surface area contributed by atoms with Crippen LogP contribution in [0.4, 0.5) is 17.6 Å². The van der Waals surface area contributed by atoms with Crippen LogP contribution in [-0.4, -0.2) is 6.18 Å². The van der Waals surface area contributed by atoms with Gasteiger partial charge < -0.3 is 0 Å². The van der Waals surface area contributed by atoms with E-state index >= 15 is 0 Å². The van der Waals surface area contributed by atoms with Crippen molar-refractivity contribution < 1.29 is 17.6 Å². The summed E-state index contributed by atoms with van der Waals surface area (Å²) in [6.45, 7) is 0. The summed E-state index contributed by atoms with van der Waals surface area (Å²) in [5, 5.41) is 0. The average Bonchev–Trinajstić information content (AvgIpc) is 1.86. The zero-order valence-corrected chi connectivity index (χ0v) is 5.58. The summed E-state index contributed by atoms with van der Waals surface area (Å²) in [7, 11) is 0. The summed E-state index contributed by atoms with van der Waals surface area (Å²) in [6.07, 6.45) is -2.65. The number of rotatable bonds is 0. The molecule has 0 bridgehead atoms. The van der Waals surface area contributed by atoms with Crippen molar-refractivity contribution in [3.05, 3.63) is 23.6 Å². The van der Waals surface area contributed by atoms with Crippen LogP contribution in [0.2, 0.25) is 0 Å². The third-order valence-electron chi connectivity index (χ3n) is 1.43. The Morgan fingerprint density at radius 2 is 1.91 bits per heavy atom. The van der Waals surface area contributed by atoms with Crippen molar-refractivity contribution >= 4 is 0 Å². The van der Waals surface area contributed by atoms with Crippen molar-refractivity contribution in [1.29, 1.82) is 0 Å². The van der Waals surface area contributed by atoms with E-state index in [2.05, 4.69) is 0 Å². The number of hydrogen-bond acceptors (Lipinski definition) is 0. The molecule has 0 heterocycles. The van der Waals surface area contributed by atoms with Crippen LogP contribution in [0, 0.1) is 0 Å². The first-order chi connectivity index (χ1) is 5.00. The Kier molecular flexibility index (Phi) is 2.02. The third kappa shape index (κ3) is 2.06. The molecule has 0 unspecified atom stereocenters. The topological polar surface area (TPSA) is 0 Å². The van der Waals surface area contributed by atoms with E-state index in [4.69, 9.17) is 0 Å². The Hall–Kier alpha value is -0.800. The van der Waals surface area contributed by atoms with Crippen molar-refractivity contribution in [2.24, 2.45) is 0 Å². The lowest BCUT2D eigenvalue weighted by molar-refractivity contribution is -0.0942. The van der Waals surface area contributed by atoms with Gasteiger partial charge in [0.15, 0.2) is 0 Å². The van der Waals surface area contributed by atoms with Crippen LogP contribution in [0.3, 0.4) is 0 Å². The Morgan fingerprint density at radius 3 is 2.27 bits per heavy atom. The quantitative estimate of drug-likeness (QED) is 0.485. The fourth-order valence-electron chi connectivity index (χ4n) is 0.887. The van der Waals surface area contributed by atoms with Crippen LogP contribution in [-0.2, 0) is 0 Å². The number of alkyl halides is 3. The van der Waals surface area contributed by atoms with Gasteiger partial charge in [-0.3, -0.25) is 0 Å². The molecular weight excluding hydrogens is 160 g/mol. The van der Waals surface area contributed by atoms with Crippen LogP contribution < -0.4 is 0 Å². The maximum Gasteiger partial charge on any atom is 0.412 e. The van der Waals surface area contributed by atoms with E-state index in [0.29, 0.717) is 6.08 Å². The van der Waals surface area contributed by atoms with Crippen molar-refractivity contribution in [1.82, 2.24) is 0 Å². The molecule has 0 amide bonds. The number of halogens is 4. The lowest BCUT2D eigenvalue weighted by Gasteiger charge is -2.12. The second kappa shape index (κ2) is 2.68. The van der Waals surface area contributed by atoms with Crippen molar-refractivity contribution in [3.8, 4) is 0 Å². The van der Waals surface area contributed by atoms with Crippen LogP contribution in [0.5, 0.6) is 0 Å². The third-order valence-corrected chi connectivity index (χ3v) is 1.43. The Labute approximate surface area is 61.2 Å². The molecule has 0 atom stereocenters. The highest BCUT2D eigenvalue weighted by Gasteiger charge is 2.33. The molecule has 62 valence electrons. The Balaban J connectivity index is 2.82. The molecule has 0 radical (unpaired) electrons. The van der Waals surface area contributed by atoms with Gasteiger partial charge in [-0.2, -0.15) is 13.2 Å². The average molecular weight is 166 g/mol. The van der Waals surface area contributed by atoms with Gasteiger partial charge in [-0.25, -0.2) is 4.39 Å². The molecule has 0 saturated carbocycles. The molecule has 0 spiro atoms. The second-order valence-corrected chi connectivity index (χ2v) is 2.30. The molecule has 1 aliphatic carbocycles. The Bertz CT molecular complexity index is 209. The highest BCUT2D eigenvalue weighted by molar-refractivity contribution is 5.25. The fraction of sp³-hybridized carbons (Fsp3) is 0.429. The van der Waals surface area contributed by atoms with Gasteiger partial charge >= 0.3 is 6.18 Å². The summed E-state index contributed by atoms with van der Waals surface area (Å²) in [6, 6.07) is 0. The fourth-order valence-corrected chi connectivity index (χ4v) is 0.887. The van der Waals surface area contributed by atoms with Gasteiger partial charge in [0.1, 0.15) is 5.83 Å². The first-order valence-electron chi connectivity index (χ1n) is 3.13. The normalized spacial score (nSPS) is 19.3. The molecule has 0 aliphatic heterocycles. The van der Waals surface area contributed by atoms with E-state index in [1.54, 1.807) is 0 Å². The Morgan fingerprint density at radius 1 is 1.27 bits per heavy atom. The van der Waals surface area contributed by atoms with Crippen LogP contribution in [0.15, 0.2) is 23.6 Å². The van der Waals surface area contributed by atoms with Crippen molar-refractivity contribution in [2.45, 2.75) is 19.0 Å². The van der Waals surface area contributed by atoms with Crippen molar-refractivity contribution in [2.75, 3.05) is 0 Å². The summed E-state index contributed by atoms with van der Waals surface area (Å²) >= 11 is 0. The lowest BCUT2D eigenvalue weighted by Crippen LogP contribution is -2.13. The molecular formula is C7H6F4. The standard InChI is InChI=1S/C7H6F4/c8-6-3-1-2-5(4-6)7(9,10)11/h3-4H,1-2H2. The SMILES string of the molecule is FC1=CCCC(C(F)(F)F)=C1. The predicted molar refractivity (Wildman–Crippen MR) is 32.6 cm³/mol. The van der Waals surface area contributed by atoms with Gasteiger partial charge in [0.05, 0.1) is 0 Å². The zero-order valence-electron chi connectivity index (χ0n) is 5.58. The molecule has 0 nitrogen and oxygen atoms in total. The molecule has 11 heavy (non-hydrogen) atoms. The molecule has 1 aliphatic rings. The van der Waals surface area contributed by atoms with Crippen LogP contribution in [0.1, 0.15) is 12.8 Å². The summed E-state index contributed by atoms with van der Waals surface area (Å²) in [5.74, 6) is -0.788. The van der Waals surface area contributed by atoms with Gasteiger partial charge in [0.25, 0.3) is 0 Å². The minimum atomic E-state index is -4.37. The van der Waals surface area contributed by atoms with Gasteiger partial charge in [0, 0.05) is 5.57 Å². The molecule has 4 heteroatoms. The van der Waals surface area contributed by atoms with E-state index < -0.39 is 17.6 Å². The highest BCUT2D eigenvalue weighted by atomic mass is 19.4. The molecule has 0 aromatic carbocycles. The summed E-state index contributed by atoms with van der Waals surface area (Å²) < 4.78 is 47.8.